The van der Waals surface area contributed by atoms with Crippen molar-refractivity contribution >= 4 is 17.7 Å². The highest BCUT2D eigenvalue weighted by atomic mass is 16.6. The number of benzene rings is 1. The van der Waals surface area contributed by atoms with Crippen molar-refractivity contribution in [2.24, 2.45) is 0 Å². The Bertz CT molecular complexity index is 919. The zero-order valence-corrected chi connectivity index (χ0v) is 14.4. The normalized spacial score (nSPS) is 16.7. The van der Waals surface area contributed by atoms with Gasteiger partial charge in [0.2, 0.25) is 0 Å². The summed E-state index contributed by atoms with van der Waals surface area (Å²) in [7, 11) is 0. The second kappa shape index (κ2) is 8.29. The summed E-state index contributed by atoms with van der Waals surface area (Å²) in [5.74, 6) is 0.0224. The fourth-order valence-corrected chi connectivity index (χ4v) is 2.81. The van der Waals surface area contributed by atoms with Gasteiger partial charge in [0.15, 0.2) is 0 Å². The number of hydrogen-bond acceptors (Lipinski definition) is 6. The van der Waals surface area contributed by atoms with Crippen LogP contribution >= 0.6 is 0 Å². The molecular formula is C19H17N3O5. The number of rotatable bonds is 6. The van der Waals surface area contributed by atoms with E-state index in [1.165, 1.54) is 12.1 Å². The van der Waals surface area contributed by atoms with Crippen LogP contribution in [0.15, 0.2) is 46.4 Å². The number of nitro groups is 1. The molecule has 0 spiro atoms. The number of para-hydroxylation sites is 1. The Morgan fingerprint density at radius 2 is 2.19 bits per heavy atom. The van der Waals surface area contributed by atoms with Crippen molar-refractivity contribution < 1.29 is 18.9 Å². The van der Waals surface area contributed by atoms with E-state index >= 15 is 0 Å². The van der Waals surface area contributed by atoms with Gasteiger partial charge in [-0.2, -0.15) is 5.26 Å². The molecule has 1 unspecified atom stereocenters. The largest absolute Gasteiger partial charge is 0.456 e. The maximum absolute atomic E-state index is 12.2. The lowest BCUT2D eigenvalue weighted by Gasteiger charge is -2.09. The van der Waals surface area contributed by atoms with Gasteiger partial charge < -0.3 is 14.5 Å². The van der Waals surface area contributed by atoms with E-state index in [0.717, 1.165) is 12.8 Å². The average molecular weight is 367 g/mol. The van der Waals surface area contributed by atoms with E-state index in [0.29, 0.717) is 18.7 Å². The second-order valence-corrected chi connectivity index (χ2v) is 5.99. The lowest BCUT2D eigenvalue weighted by atomic mass is 10.1. The Labute approximate surface area is 155 Å². The molecule has 1 aliphatic rings. The van der Waals surface area contributed by atoms with Gasteiger partial charge in [-0.25, -0.2) is 0 Å². The number of nitrogens with zero attached hydrogens (tertiary/aromatic N) is 2. The van der Waals surface area contributed by atoms with Crippen LogP contribution in [0.3, 0.4) is 0 Å². The molecule has 1 aromatic carbocycles. The van der Waals surface area contributed by atoms with E-state index in [-0.39, 0.29) is 28.9 Å². The summed E-state index contributed by atoms with van der Waals surface area (Å²) in [4.78, 5) is 22.8. The third-order valence-electron chi connectivity index (χ3n) is 4.16. The van der Waals surface area contributed by atoms with Crippen LogP contribution in [0.2, 0.25) is 0 Å². The molecule has 8 heteroatoms. The number of carbonyl (C=O) groups excluding carboxylic acids is 1. The third-order valence-corrected chi connectivity index (χ3v) is 4.16. The number of nitrogens with one attached hydrogen (secondary N) is 1. The quantitative estimate of drug-likeness (QED) is 0.363. The van der Waals surface area contributed by atoms with E-state index < -0.39 is 10.8 Å². The molecule has 27 heavy (non-hydrogen) atoms. The topological polar surface area (TPSA) is 118 Å². The van der Waals surface area contributed by atoms with Crippen molar-refractivity contribution in [2.75, 3.05) is 13.2 Å². The van der Waals surface area contributed by atoms with Crippen molar-refractivity contribution in [3.8, 4) is 17.4 Å². The Morgan fingerprint density at radius 1 is 1.37 bits per heavy atom. The molecule has 1 atom stereocenters. The van der Waals surface area contributed by atoms with Crippen LogP contribution in [-0.4, -0.2) is 30.1 Å². The molecule has 1 saturated heterocycles. The number of hydrogen-bond donors (Lipinski definition) is 1. The minimum atomic E-state index is -0.517. The maximum Gasteiger partial charge on any atom is 0.280 e. The molecule has 138 valence electrons. The van der Waals surface area contributed by atoms with Gasteiger partial charge in [0.25, 0.3) is 11.6 Å². The van der Waals surface area contributed by atoms with E-state index in [9.17, 15) is 20.2 Å². The molecule has 1 aromatic heterocycles. The van der Waals surface area contributed by atoms with Crippen LogP contribution in [-0.2, 0) is 9.53 Å². The first-order chi connectivity index (χ1) is 13.1. The van der Waals surface area contributed by atoms with Crippen LogP contribution in [0.25, 0.3) is 17.4 Å². The molecule has 0 aliphatic carbocycles. The average Bonchev–Trinajstić information content (AvgIpc) is 3.36. The first-order valence-electron chi connectivity index (χ1n) is 8.43. The molecule has 2 aromatic rings. The third kappa shape index (κ3) is 4.40. The van der Waals surface area contributed by atoms with Crippen molar-refractivity contribution in [3.05, 3.63) is 57.8 Å². The van der Waals surface area contributed by atoms with E-state index in [2.05, 4.69) is 5.32 Å². The standard InChI is InChI=1S/C19H17N3O5/c20-11-13(19(23)21-12-15-4-3-9-26-15)10-14-7-8-18(27-14)16-5-1-2-6-17(16)22(24)25/h1-2,5-8,10,15H,3-4,9,12H2,(H,21,23)/b13-10-. The highest BCUT2D eigenvalue weighted by Gasteiger charge is 2.19. The summed E-state index contributed by atoms with van der Waals surface area (Å²) in [5, 5.41) is 23.1. The lowest BCUT2D eigenvalue weighted by molar-refractivity contribution is -0.384. The van der Waals surface area contributed by atoms with E-state index in [4.69, 9.17) is 9.15 Å². The number of nitro benzene ring substituents is 1. The summed E-state index contributed by atoms with van der Waals surface area (Å²) in [6, 6.07) is 11.1. The van der Waals surface area contributed by atoms with Gasteiger partial charge in [0.1, 0.15) is 23.2 Å². The number of ether oxygens (including phenoxy) is 1. The number of amides is 1. The zero-order chi connectivity index (χ0) is 19.2. The smallest absolute Gasteiger partial charge is 0.280 e. The molecular weight excluding hydrogens is 350 g/mol. The first kappa shape index (κ1) is 18.4. The highest BCUT2D eigenvalue weighted by molar-refractivity contribution is 6.01. The van der Waals surface area contributed by atoms with Crippen LogP contribution in [0.4, 0.5) is 5.69 Å². The summed E-state index contributed by atoms with van der Waals surface area (Å²) in [6.07, 6.45) is 3.12. The Balaban J connectivity index is 1.75. The fraction of sp³-hybridized carbons (Fsp3) is 0.263. The number of nitriles is 1. The first-order valence-corrected chi connectivity index (χ1v) is 8.43. The van der Waals surface area contributed by atoms with Gasteiger partial charge in [0, 0.05) is 25.3 Å². The molecule has 1 aliphatic heterocycles. The lowest BCUT2D eigenvalue weighted by Crippen LogP contribution is -2.32. The van der Waals surface area contributed by atoms with Crippen LogP contribution in [0.5, 0.6) is 0 Å². The summed E-state index contributed by atoms with van der Waals surface area (Å²) in [6.45, 7) is 1.03. The van der Waals surface area contributed by atoms with Gasteiger partial charge in [0.05, 0.1) is 16.6 Å². The number of furan rings is 1. The molecule has 8 nitrogen and oxygen atoms in total. The molecule has 1 fully saturated rings. The molecule has 1 N–H and O–H groups in total. The predicted octanol–water partition coefficient (Wildman–Crippen LogP) is 3.06. The summed E-state index contributed by atoms with van der Waals surface area (Å²) >= 11 is 0. The Morgan fingerprint density at radius 3 is 2.89 bits per heavy atom. The van der Waals surface area contributed by atoms with E-state index in [1.54, 1.807) is 30.3 Å². The molecule has 2 heterocycles. The van der Waals surface area contributed by atoms with Crippen molar-refractivity contribution in [1.29, 1.82) is 5.26 Å². The Kier molecular flexibility index (Phi) is 5.64. The molecule has 1 amide bonds. The SMILES string of the molecule is N#C/C(=C/c1ccc(-c2ccccc2[N+](=O)[O-])o1)C(=O)NCC1CCCO1. The number of carbonyl (C=O) groups is 1. The summed E-state index contributed by atoms with van der Waals surface area (Å²) < 4.78 is 11.0. The molecule has 3 rings (SSSR count). The minimum absolute atomic E-state index is 0.0252. The summed E-state index contributed by atoms with van der Waals surface area (Å²) in [5.41, 5.74) is 0.122. The predicted molar refractivity (Wildman–Crippen MR) is 96.4 cm³/mol. The minimum Gasteiger partial charge on any atom is -0.456 e. The van der Waals surface area contributed by atoms with Gasteiger partial charge in [-0.05, 0) is 31.0 Å². The van der Waals surface area contributed by atoms with Crippen LogP contribution in [0, 0.1) is 21.4 Å². The highest BCUT2D eigenvalue weighted by Crippen LogP contribution is 2.31. The molecule has 0 saturated carbocycles. The van der Waals surface area contributed by atoms with E-state index in [1.807, 2.05) is 6.07 Å². The van der Waals surface area contributed by atoms with Crippen LogP contribution < -0.4 is 5.32 Å². The monoisotopic (exact) mass is 367 g/mol. The van der Waals surface area contributed by atoms with Crippen molar-refractivity contribution in [3.63, 3.8) is 0 Å². The van der Waals surface area contributed by atoms with Crippen molar-refractivity contribution in [2.45, 2.75) is 18.9 Å². The van der Waals surface area contributed by atoms with Crippen molar-refractivity contribution in [1.82, 2.24) is 5.32 Å². The molecule has 0 radical (unpaired) electrons. The second-order valence-electron chi connectivity index (χ2n) is 5.99. The van der Waals surface area contributed by atoms with Gasteiger partial charge >= 0.3 is 0 Å². The zero-order valence-electron chi connectivity index (χ0n) is 14.4. The van der Waals surface area contributed by atoms with Gasteiger partial charge in [-0.3, -0.25) is 14.9 Å². The fourth-order valence-electron chi connectivity index (χ4n) is 2.81. The van der Waals surface area contributed by atoms with Gasteiger partial charge in [-0.1, -0.05) is 12.1 Å². The molecule has 0 bridgehead atoms. The Hall–Kier alpha value is -3.44. The maximum atomic E-state index is 12.2. The van der Waals surface area contributed by atoms with Gasteiger partial charge in [-0.15, -0.1) is 0 Å². The van der Waals surface area contributed by atoms with Crippen LogP contribution in [0.1, 0.15) is 18.6 Å².